The van der Waals surface area contributed by atoms with Gasteiger partial charge in [0.25, 0.3) is 0 Å². The second-order valence-electron chi connectivity index (χ2n) is 5.33. The van der Waals surface area contributed by atoms with Crippen molar-refractivity contribution in [1.29, 1.82) is 0 Å². The minimum absolute atomic E-state index is 0.159. The van der Waals surface area contributed by atoms with Gasteiger partial charge in [-0.1, -0.05) is 44.9 Å². The van der Waals surface area contributed by atoms with Gasteiger partial charge < -0.3 is 5.11 Å². The number of aliphatic carboxylic acids is 1. The fourth-order valence-corrected chi connectivity index (χ4v) is 3.14. The van der Waals surface area contributed by atoms with E-state index >= 15 is 0 Å². The first kappa shape index (κ1) is 19.8. The molecule has 0 aliphatic rings. The molecule has 0 aromatic carbocycles. The number of rotatable bonds is 16. The molecular weight excluding hydrogens is 275 g/mol. The smallest absolute Gasteiger partial charge is 0.303 e. The molecule has 0 aromatic rings. The number of carboxylic acid groups (broad SMARTS) is 1. The zero-order valence-electron chi connectivity index (χ0n) is 12.7. The largest absolute Gasteiger partial charge is 0.481 e. The Morgan fingerprint density at radius 2 is 1.20 bits per heavy atom. The first-order chi connectivity index (χ1) is 9.77. The predicted molar refractivity (Wildman–Crippen MR) is 86.3 cm³/mol. The number of hydrogen-bond acceptors (Lipinski definition) is 2. The van der Waals surface area contributed by atoms with Crippen molar-refractivity contribution < 1.29 is 14.3 Å². The predicted octanol–water partition coefficient (Wildman–Crippen LogP) is 5.45. The van der Waals surface area contributed by atoms with Gasteiger partial charge in [-0.15, -0.1) is 0 Å². The van der Waals surface area contributed by atoms with Gasteiger partial charge in [-0.05, 0) is 37.2 Å². The molecule has 0 aliphatic heterocycles. The Kier molecular flexibility index (Phi) is 16.6. The summed E-state index contributed by atoms with van der Waals surface area (Å²) in [6.07, 6.45) is 12.9. The summed E-state index contributed by atoms with van der Waals surface area (Å²) in [4.78, 5) is 10.3. The highest BCUT2D eigenvalue weighted by Gasteiger charge is 1.97. The van der Waals surface area contributed by atoms with E-state index in [-0.39, 0.29) is 6.67 Å². The highest BCUT2D eigenvalue weighted by Crippen LogP contribution is 2.13. The van der Waals surface area contributed by atoms with Gasteiger partial charge in [0, 0.05) is 6.42 Å². The maximum Gasteiger partial charge on any atom is 0.303 e. The molecule has 0 radical (unpaired) electrons. The molecule has 120 valence electrons. The average Bonchev–Trinajstić information content (AvgIpc) is 2.43. The Balaban J connectivity index is 2.94. The SMILES string of the molecule is O=C(O)CCCCSCCCCCCCCCCCF. The van der Waals surface area contributed by atoms with E-state index in [0.717, 1.165) is 31.4 Å². The normalized spacial score (nSPS) is 10.8. The molecule has 2 nitrogen and oxygen atoms in total. The summed E-state index contributed by atoms with van der Waals surface area (Å²) < 4.78 is 11.8. The van der Waals surface area contributed by atoms with Crippen LogP contribution >= 0.6 is 11.8 Å². The van der Waals surface area contributed by atoms with Crippen LogP contribution in [0, 0.1) is 0 Å². The summed E-state index contributed by atoms with van der Waals surface area (Å²) in [6, 6.07) is 0. The van der Waals surface area contributed by atoms with Gasteiger partial charge in [0.05, 0.1) is 6.67 Å². The summed E-state index contributed by atoms with van der Waals surface area (Å²) in [6.45, 7) is -0.159. The third-order valence-electron chi connectivity index (χ3n) is 3.35. The van der Waals surface area contributed by atoms with E-state index in [0.29, 0.717) is 6.42 Å². The third-order valence-corrected chi connectivity index (χ3v) is 4.51. The highest BCUT2D eigenvalue weighted by molar-refractivity contribution is 7.99. The van der Waals surface area contributed by atoms with Crippen LogP contribution in [-0.2, 0) is 4.79 Å². The van der Waals surface area contributed by atoms with E-state index in [9.17, 15) is 9.18 Å². The van der Waals surface area contributed by atoms with Crippen molar-refractivity contribution in [2.45, 2.75) is 77.0 Å². The fourth-order valence-electron chi connectivity index (χ4n) is 2.12. The van der Waals surface area contributed by atoms with Crippen molar-refractivity contribution >= 4 is 17.7 Å². The Bertz CT molecular complexity index is 213. The van der Waals surface area contributed by atoms with Crippen molar-refractivity contribution in [2.24, 2.45) is 0 Å². The summed E-state index contributed by atoms with van der Waals surface area (Å²) in [5.41, 5.74) is 0. The topological polar surface area (TPSA) is 37.3 Å². The summed E-state index contributed by atoms with van der Waals surface area (Å²) in [5, 5.41) is 8.49. The maximum atomic E-state index is 11.8. The van der Waals surface area contributed by atoms with Gasteiger partial charge in [0.15, 0.2) is 0 Å². The molecule has 0 amide bonds. The van der Waals surface area contributed by atoms with Crippen LogP contribution < -0.4 is 0 Å². The Morgan fingerprint density at radius 3 is 1.70 bits per heavy atom. The first-order valence-corrected chi connectivity index (χ1v) is 9.28. The van der Waals surface area contributed by atoms with Crippen LogP contribution in [0.5, 0.6) is 0 Å². The van der Waals surface area contributed by atoms with Gasteiger partial charge in [-0.3, -0.25) is 9.18 Å². The molecule has 4 heteroatoms. The van der Waals surface area contributed by atoms with Gasteiger partial charge >= 0.3 is 5.97 Å². The van der Waals surface area contributed by atoms with Crippen LogP contribution in [0.15, 0.2) is 0 Å². The van der Waals surface area contributed by atoms with Gasteiger partial charge in [-0.2, -0.15) is 11.8 Å². The van der Waals surface area contributed by atoms with Crippen molar-refractivity contribution in [2.75, 3.05) is 18.2 Å². The van der Waals surface area contributed by atoms with Crippen molar-refractivity contribution in [3.63, 3.8) is 0 Å². The molecule has 0 aliphatic carbocycles. The molecule has 0 saturated carbocycles. The van der Waals surface area contributed by atoms with E-state index < -0.39 is 5.97 Å². The molecule has 0 saturated heterocycles. The average molecular weight is 306 g/mol. The van der Waals surface area contributed by atoms with Crippen LogP contribution in [0.2, 0.25) is 0 Å². The number of unbranched alkanes of at least 4 members (excludes halogenated alkanes) is 9. The van der Waals surface area contributed by atoms with Crippen LogP contribution in [0.3, 0.4) is 0 Å². The Hall–Kier alpha value is -0.250. The highest BCUT2D eigenvalue weighted by atomic mass is 32.2. The number of carboxylic acids is 1. The molecule has 0 spiro atoms. The van der Waals surface area contributed by atoms with Gasteiger partial charge in [0.1, 0.15) is 0 Å². The number of hydrogen-bond donors (Lipinski definition) is 1. The minimum atomic E-state index is -0.681. The minimum Gasteiger partial charge on any atom is -0.481 e. The van der Waals surface area contributed by atoms with Gasteiger partial charge in [0.2, 0.25) is 0 Å². The van der Waals surface area contributed by atoms with Crippen LogP contribution in [0.25, 0.3) is 0 Å². The van der Waals surface area contributed by atoms with Crippen LogP contribution in [0.1, 0.15) is 77.0 Å². The monoisotopic (exact) mass is 306 g/mol. The molecule has 0 fully saturated rings. The molecule has 0 bridgehead atoms. The quantitative estimate of drug-likeness (QED) is 0.385. The van der Waals surface area contributed by atoms with Crippen molar-refractivity contribution in [3.05, 3.63) is 0 Å². The molecule has 0 aromatic heterocycles. The van der Waals surface area contributed by atoms with E-state index in [4.69, 9.17) is 5.11 Å². The summed E-state index contributed by atoms with van der Waals surface area (Å²) >= 11 is 1.95. The summed E-state index contributed by atoms with van der Waals surface area (Å²) in [5.74, 6) is 1.63. The molecule has 0 atom stereocenters. The number of alkyl halides is 1. The lowest BCUT2D eigenvalue weighted by Gasteiger charge is -2.03. The molecular formula is C16H31FO2S. The van der Waals surface area contributed by atoms with E-state index in [2.05, 4.69) is 0 Å². The second kappa shape index (κ2) is 16.8. The number of carbonyl (C=O) groups is 1. The lowest BCUT2D eigenvalue weighted by molar-refractivity contribution is -0.137. The molecule has 1 N–H and O–H groups in total. The number of thioether (sulfide) groups is 1. The molecule has 0 rings (SSSR count). The van der Waals surface area contributed by atoms with Crippen molar-refractivity contribution in [3.8, 4) is 0 Å². The molecule has 0 heterocycles. The second-order valence-corrected chi connectivity index (χ2v) is 6.56. The maximum absolute atomic E-state index is 11.8. The van der Waals surface area contributed by atoms with Gasteiger partial charge in [-0.25, -0.2) is 0 Å². The zero-order valence-corrected chi connectivity index (χ0v) is 13.6. The van der Waals surface area contributed by atoms with E-state index in [1.54, 1.807) is 0 Å². The zero-order chi connectivity index (χ0) is 14.9. The first-order valence-electron chi connectivity index (χ1n) is 8.13. The van der Waals surface area contributed by atoms with E-state index in [1.807, 2.05) is 11.8 Å². The summed E-state index contributed by atoms with van der Waals surface area (Å²) in [7, 11) is 0. The number of halogens is 1. The van der Waals surface area contributed by atoms with Crippen LogP contribution in [0.4, 0.5) is 4.39 Å². The lowest BCUT2D eigenvalue weighted by Crippen LogP contribution is -1.94. The Morgan fingerprint density at radius 1 is 0.750 bits per heavy atom. The molecule has 20 heavy (non-hydrogen) atoms. The van der Waals surface area contributed by atoms with Crippen molar-refractivity contribution in [1.82, 2.24) is 0 Å². The third kappa shape index (κ3) is 17.8. The molecule has 0 unspecified atom stereocenters. The fraction of sp³-hybridized carbons (Fsp3) is 0.938. The standard InChI is InChI=1S/C16H31FO2S/c17-13-9-6-4-2-1-3-5-7-10-14-20-15-11-8-12-16(18)19/h1-15H2,(H,18,19). The lowest BCUT2D eigenvalue weighted by atomic mass is 10.1. The van der Waals surface area contributed by atoms with Crippen LogP contribution in [-0.4, -0.2) is 29.3 Å². The van der Waals surface area contributed by atoms with E-state index in [1.165, 1.54) is 50.7 Å². The Labute approximate surface area is 127 Å².